The highest BCUT2D eigenvalue weighted by Gasteiger charge is 2.18. The van der Waals surface area contributed by atoms with Crippen LogP contribution in [0.15, 0.2) is 49.1 Å². The van der Waals surface area contributed by atoms with Gasteiger partial charge in [-0.15, -0.1) is 0 Å². The van der Waals surface area contributed by atoms with Gasteiger partial charge in [-0.3, -0.25) is 14.9 Å². The fourth-order valence-electron chi connectivity index (χ4n) is 3.28. The Morgan fingerprint density at radius 3 is 2.58 bits per heavy atom. The fraction of sp³-hybridized carbons (Fsp3) is 0.136. The van der Waals surface area contributed by atoms with Crippen LogP contribution in [0.25, 0.3) is 22.5 Å². The largest absolute Gasteiger partial charge is 0.368 e. The van der Waals surface area contributed by atoms with Gasteiger partial charge in [0.15, 0.2) is 0 Å². The smallest absolute Gasteiger partial charge is 0.311 e. The molecule has 184 valence electrons. The normalized spacial score (nSPS) is 10.6. The van der Waals surface area contributed by atoms with E-state index in [-0.39, 0.29) is 11.5 Å². The van der Waals surface area contributed by atoms with E-state index in [1.165, 1.54) is 19.1 Å². The van der Waals surface area contributed by atoms with E-state index in [9.17, 15) is 14.9 Å². The molecule has 1 amide bonds. The molecule has 0 aliphatic heterocycles. The van der Waals surface area contributed by atoms with Crippen molar-refractivity contribution in [3.8, 4) is 22.5 Å². The first-order chi connectivity index (χ1) is 17.3. The summed E-state index contributed by atoms with van der Waals surface area (Å²) >= 11 is 12.5. The van der Waals surface area contributed by atoms with Gasteiger partial charge in [-0.1, -0.05) is 23.2 Å². The standard InChI is InChI=1S/C22H19Cl2N9O3/c1-12(34)30-21-18(33(35)36)4-5-19(31-21)26-6-7-27-22-28-9-15(17-10-25-11-29-17)20(32-22)14-3-2-13(23)8-16(14)24/h2-5,8-11H,6-7H2,1H3,(H,25,29)(H,27,28,32)(H2,26,30,31,34). The number of carbonyl (C=O) groups excluding carboxylic acids is 1. The predicted molar refractivity (Wildman–Crippen MR) is 137 cm³/mol. The molecule has 0 spiro atoms. The van der Waals surface area contributed by atoms with E-state index >= 15 is 0 Å². The highest BCUT2D eigenvalue weighted by Crippen LogP contribution is 2.35. The molecule has 36 heavy (non-hydrogen) atoms. The van der Waals surface area contributed by atoms with Crippen molar-refractivity contribution < 1.29 is 9.72 Å². The number of benzene rings is 1. The van der Waals surface area contributed by atoms with Crippen LogP contribution in [0, 0.1) is 10.1 Å². The lowest BCUT2D eigenvalue weighted by Gasteiger charge is -2.13. The summed E-state index contributed by atoms with van der Waals surface area (Å²) in [6.45, 7) is 2.02. The number of H-pyrrole nitrogens is 1. The number of amides is 1. The average Bonchev–Trinajstić information content (AvgIpc) is 3.36. The van der Waals surface area contributed by atoms with Crippen molar-refractivity contribution in [1.29, 1.82) is 0 Å². The number of aromatic nitrogens is 5. The van der Waals surface area contributed by atoms with Gasteiger partial charge in [0, 0.05) is 48.4 Å². The summed E-state index contributed by atoms with van der Waals surface area (Å²) in [5.41, 5.74) is 2.40. The lowest BCUT2D eigenvalue weighted by atomic mass is 10.1. The highest BCUT2D eigenvalue weighted by atomic mass is 35.5. The minimum absolute atomic E-state index is 0.132. The van der Waals surface area contributed by atoms with Gasteiger partial charge in [-0.25, -0.2) is 19.9 Å². The van der Waals surface area contributed by atoms with Crippen molar-refractivity contribution in [2.24, 2.45) is 0 Å². The zero-order valence-corrected chi connectivity index (χ0v) is 20.3. The Kier molecular flexibility index (Phi) is 7.56. The molecule has 0 fully saturated rings. The Labute approximate surface area is 214 Å². The summed E-state index contributed by atoms with van der Waals surface area (Å²) in [6, 6.07) is 7.88. The molecule has 0 atom stereocenters. The van der Waals surface area contributed by atoms with Gasteiger partial charge in [0.2, 0.25) is 17.7 Å². The van der Waals surface area contributed by atoms with Gasteiger partial charge in [-0.2, -0.15) is 0 Å². The van der Waals surface area contributed by atoms with Crippen LogP contribution in [-0.4, -0.2) is 48.8 Å². The third kappa shape index (κ3) is 5.85. The second kappa shape index (κ2) is 11.0. The van der Waals surface area contributed by atoms with Crippen LogP contribution in [0.2, 0.25) is 10.0 Å². The molecule has 4 rings (SSSR count). The van der Waals surface area contributed by atoms with Gasteiger partial charge in [-0.05, 0) is 24.3 Å². The second-order valence-electron chi connectivity index (χ2n) is 7.40. The third-order valence-electron chi connectivity index (χ3n) is 4.84. The molecule has 0 unspecified atom stereocenters. The van der Waals surface area contributed by atoms with Crippen molar-refractivity contribution in [1.82, 2.24) is 24.9 Å². The molecule has 0 aliphatic carbocycles. The molecule has 12 nitrogen and oxygen atoms in total. The number of halogens is 2. The van der Waals surface area contributed by atoms with E-state index in [2.05, 4.69) is 40.9 Å². The molecule has 0 radical (unpaired) electrons. The summed E-state index contributed by atoms with van der Waals surface area (Å²) in [5, 5.41) is 20.6. The quantitative estimate of drug-likeness (QED) is 0.138. The van der Waals surface area contributed by atoms with E-state index in [1.54, 1.807) is 36.9 Å². The van der Waals surface area contributed by atoms with E-state index in [4.69, 9.17) is 23.2 Å². The number of hydrogen-bond donors (Lipinski definition) is 4. The van der Waals surface area contributed by atoms with Gasteiger partial charge >= 0.3 is 5.69 Å². The van der Waals surface area contributed by atoms with Crippen molar-refractivity contribution in [3.63, 3.8) is 0 Å². The van der Waals surface area contributed by atoms with Crippen LogP contribution in [-0.2, 0) is 4.79 Å². The maximum absolute atomic E-state index is 11.3. The monoisotopic (exact) mass is 527 g/mol. The molecule has 3 aromatic heterocycles. The Morgan fingerprint density at radius 2 is 1.89 bits per heavy atom. The zero-order valence-electron chi connectivity index (χ0n) is 18.7. The number of rotatable bonds is 9. The predicted octanol–water partition coefficient (Wildman–Crippen LogP) is 4.63. The number of nitro groups is 1. The Morgan fingerprint density at radius 1 is 1.08 bits per heavy atom. The molecule has 14 heteroatoms. The van der Waals surface area contributed by atoms with Crippen LogP contribution >= 0.6 is 23.2 Å². The molecular weight excluding hydrogens is 509 g/mol. The van der Waals surface area contributed by atoms with Gasteiger partial charge in [0.1, 0.15) is 5.82 Å². The molecule has 0 saturated carbocycles. The number of hydrogen-bond acceptors (Lipinski definition) is 9. The van der Waals surface area contributed by atoms with E-state index in [0.29, 0.717) is 51.7 Å². The molecular formula is C22H19Cl2N9O3. The SMILES string of the molecule is CC(=O)Nc1nc(NCCNc2ncc(-c3cnc[nH]3)c(-c3ccc(Cl)cc3Cl)n2)ccc1[N+](=O)[O-]. The number of nitrogens with zero attached hydrogens (tertiary/aromatic N) is 5. The van der Waals surface area contributed by atoms with Crippen LogP contribution in [0.1, 0.15) is 6.92 Å². The molecule has 0 aliphatic rings. The molecule has 4 aromatic rings. The first-order valence-electron chi connectivity index (χ1n) is 10.5. The Bertz CT molecular complexity index is 1410. The number of carbonyl (C=O) groups is 1. The fourth-order valence-corrected chi connectivity index (χ4v) is 3.77. The molecule has 0 saturated heterocycles. The Balaban J connectivity index is 1.49. The number of imidazole rings is 1. The van der Waals surface area contributed by atoms with Gasteiger partial charge in [0.05, 0.1) is 33.9 Å². The molecule has 0 bridgehead atoms. The number of nitrogens with one attached hydrogen (secondary N) is 4. The summed E-state index contributed by atoms with van der Waals surface area (Å²) in [4.78, 5) is 42.1. The van der Waals surface area contributed by atoms with E-state index < -0.39 is 10.8 Å². The average molecular weight is 528 g/mol. The van der Waals surface area contributed by atoms with Crippen LogP contribution in [0.5, 0.6) is 0 Å². The minimum atomic E-state index is -0.613. The van der Waals surface area contributed by atoms with Crippen molar-refractivity contribution in [2.45, 2.75) is 6.92 Å². The maximum atomic E-state index is 11.3. The van der Waals surface area contributed by atoms with Crippen LogP contribution in [0.4, 0.5) is 23.3 Å². The number of pyridine rings is 1. The minimum Gasteiger partial charge on any atom is -0.368 e. The van der Waals surface area contributed by atoms with Crippen molar-refractivity contribution in [3.05, 3.63) is 69.2 Å². The van der Waals surface area contributed by atoms with E-state index in [0.717, 1.165) is 5.69 Å². The summed E-state index contributed by atoms with van der Waals surface area (Å²) < 4.78 is 0. The number of aromatic amines is 1. The summed E-state index contributed by atoms with van der Waals surface area (Å²) in [6.07, 6.45) is 4.88. The Hall–Kier alpha value is -4.29. The molecule has 1 aromatic carbocycles. The van der Waals surface area contributed by atoms with Crippen molar-refractivity contribution in [2.75, 3.05) is 29.0 Å². The first-order valence-corrected chi connectivity index (χ1v) is 11.3. The van der Waals surface area contributed by atoms with Crippen LogP contribution < -0.4 is 16.0 Å². The maximum Gasteiger partial charge on any atom is 0.311 e. The highest BCUT2D eigenvalue weighted by molar-refractivity contribution is 6.36. The van der Waals surface area contributed by atoms with Crippen molar-refractivity contribution >= 4 is 52.4 Å². The zero-order chi connectivity index (χ0) is 25.7. The molecule has 3 heterocycles. The lowest BCUT2D eigenvalue weighted by molar-refractivity contribution is -0.384. The van der Waals surface area contributed by atoms with E-state index in [1.807, 2.05) is 0 Å². The van der Waals surface area contributed by atoms with Gasteiger partial charge in [0.25, 0.3) is 0 Å². The first kappa shape index (κ1) is 24.8. The van der Waals surface area contributed by atoms with Crippen LogP contribution in [0.3, 0.4) is 0 Å². The van der Waals surface area contributed by atoms with Gasteiger partial charge < -0.3 is 20.9 Å². The topological polar surface area (TPSA) is 164 Å². The third-order valence-corrected chi connectivity index (χ3v) is 5.39. The summed E-state index contributed by atoms with van der Waals surface area (Å²) in [5.74, 6) is 0.122. The summed E-state index contributed by atoms with van der Waals surface area (Å²) in [7, 11) is 0. The number of anilines is 3. The molecule has 4 N–H and O–H groups in total. The second-order valence-corrected chi connectivity index (χ2v) is 8.25. The lowest BCUT2D eigenvalue weighted by Crippen LogP contribution is -2.17.